The molecule has 0 aromatic heterocycles. The molecule has 2 N–H and O–H groups in total. The van der Waals surface area contributed by atoms with Crippen LogP contribution in [0, 0.1) is 0 Å². The second kappa shape index (κ2) is 4.73. The molecule has 0 radical (unpaired) electrons. The monoisotopic (exact) mass is 245 g/mol. The van der Waals surface area contributed by atoms with E-state index in [1.165, 1.54) is 13.8 Å². The highest BCUT2D eigenvalue weighted by atomic mass is 32.2. The summed E-state index contributed by atoms with van der Waals surface area (Å²) in [5.74, 6) is -3.13. The van der Waals surface area contributed by atoms with E-state index in [-0.39, 0.29) is 0 Å². The van der Waals surface area contributed by atoms with E-state index >= 15 is 0 Å². The zero-order valence-electron chi connectivity index (χ0n) is 8.01. The molecule has 0 unspecified atom stereocenters. The number of halogens is 3. The number of rotatable bonds is 4. The number of thioether (sulfide) groups is 1. The quantitative estimate of drug-likeness (QED) is 0.781. The van der Waals surface area contributed by atoms with Gasteiger partial charge < -0.3 is 10.4 Å². The van der Waals surface area contributed by atoms with E-state index in [4.69, 9.17) is 5.11 Å². The van der Waals surface area contributed by atoms with Crippen LogP contribution >= 0.6 is 11.8 Å². The van der Waals surface area contributed by atoms with Gasteiger partial charge in [0.2, 0.25) is 5.91 Å². The Morgan fingerprint density at radius 1 is 1.33 bits per heavy atom. The van der Waals surface area contributed by atoms with E-state index in [0.717, 1.165) is 0 Å². The van der Waals surface area contributed by atoms with Crippen molar-refractivity contribution in [3.63, 3.8) is 0 Å². The molecule has 0 fully saturated rings. The van der Waals surface area contributed by atoms with Gasteiger partial charge in [0.15, 0.2) is 0 Å². The first-order valence-electron chi connectivity index (χ1n) is 3.80. The van der Waals surface area contributed by atoms with Gasteiger partial charge in [-0.2, -0.15) is 13.2 Å². The van der Waals surface area contributed by atoms with E-state index in [0.29, 0.717) is 0 Å². The Kier molecular flexibility index (Phi) is 4.44. The van der Waals surface area contributed by atoms with Crippen molar-refractivity contribution in [3.8, 4) is 0 Å². The molecule has 0 aromatic carbocycles. The van der Waals surface area contributed by atoms with E-state index in [9.17, 15) is 22.8 Å². The molecule has 15 heavy (non-hydrogen) atoms. The fourth-order valence-electron chi connectivity index (χ4n) is 0.585. The first-order valence-corrected chi connectivity index (χ1v) is 4.78. The average molecular weight is 245 g/mol. The molecular weight excluding hydrogens is 235 g/mol. The Morgan fingerprint density at radius 2 is 1.80 bits per heavy atom. The van der Waals surface area contributed by atoms with Crippen molar-refractivity contribution < 1.29 is 27.9 Å². The van der Waals surface area contributed by atoms with Crippen molar-refractivity contribution in [2.24, 2.45) is 0 Å². The minimum absolute atomic E-state index is 0.511. The summed E-state index contributed by atoms with van der Waals surface area (Å²) < 4.78 is 35.0. The maximum atomic E-state index is 11.7. The van der Waals surface area contributed by atoms with E-state index in [1.807, 2.05) is 5.32 Å². The Morgan fingerprint density at radius 3 is 2.13 bits per heavy atom. The lowest BCUT2D eigenvalue weighted by atomic mass is 10.1. The van der Waals surface area contributed by atoms with Crippen LogP contribution in [0.15, 0.2) is 0 Å². The van der Waals surface area contributed by atoms with Crippen molar-refractivity contribution in [3.05, 3.63) is 0 Å². The molecule has 4 nitrogen and oxygen atoms in total. The standard InChI is InChI=1S/C7H10F3NO3S/c1-6(2,5(13)14)11-4(12)3-15-7(8,9)10/h3H2,1-2H3,(H,11,12)(H,13,14). The molecule has 0 saturated heterocycles. The molecule has 0 aliphatic rings. The van der Waals surface area contributed by atoms with Crippen LogP contribution in [0.1, 0.15) is 13.8 Å². The van der Waals surface area contributed by atoms with E-state index in [2.05, 4.69) is 0 Å². The van der Waals surface area contributed by atoms with Gasteiger partial charge in [-0.05, 0) is 25.6 Å². The van der Waals surface area contributed by atoms with Gasteiger partial charge in [0.25, 0.3) is 0 Å². The molecule has 0 aliphatic carbocycles. The Balaban J connectivity index is 4.11. The number of alkyl halides is 3. The molecule has 0 bridgehead atoms. The number of carboxylic acids is 1. The Hall–Kier alpha value is -0.920. The maximum Gasteiger partial charge on any atom is 0.442 e. The van der Waals surface area contributed by atoms with Crippen LogP contribution in [-0.2, 0) is 9.59 Å². The molecule has 0 aromatic rings. The lowest BCUT2D eigenvalue weighted by Gasteiger charge is -2.20. The van der Waals surface area contributed by atoms with Crippen molar-refractivity contribution >= 4 is 23.6 Å². The summed E-state index contributed by atoms with van der Waals surface area (Å²) in [6, 6.07) is 0. The number of carbonyl (C=O) groups is 2. The lowest BCUT2D eigenvalue weighted by molar-refractivity contribution is -0.145. The minimum Gasteiger partial charge on any atom is -0.480 e. The highest BCUT2D eigenvalue weighted by Gasteiger charge is 2.32. The van der Waals surface area contributed by atoms with Gasteiger partial charge in [-0.1, -0.05) is 0 Å². The lowest BCUT2D eigenvalue weighted by Crippen LogP contribution is -2.50. The van der Waals surface area contributed by atoms with Gasteiger partial charge in [0, 0.05) is 0 Å². The SMILES string of the molecule is CC(C)(NC(=O)CSC(F)(F)F)C(=O)O. The third-order valence-electron chi connectivity index (χ3n) is 1.35. The van der Waals surface area contributed by atoms with Gasteiger partial charge in [-0.25, -0.2) is 4.79 Å². The van der Waals surface area contributed by atoms with Crippen LogP contribution in [-0.4, -0.2) is 33.8 Å². The van der Waals surface area contributed by atoms with E-state index < -0.39 is 40.4 Å². The summed E-state index contributed by atoms with van der Waals surface area (Å²) in [6.07, 6.45) is 0. The molecule has 0 atom stereocenters. The average Bonchev–Trinajstić information content (AvgIpc) is 1.98. The largest absolute Gasteiger partial charge is 0.480 e. The van der Waals surface area contributed by atoms with Gasteiger partial charge in [-0.3, -0.25) is 4.79 Å². The van der Waals surface area contributed by atoms with Crippen molar-refractivity contribution in [1.82, 2.24) is 5.32 Å². The van der Waals surface area contributed by atoms with Gasteiger partial charge in [0.1, 0.15) is 5.54 Å². The summed E-state index contributed by atoms with van der Waals surface area (Å²) in [7, 11) is 0. The Labute approximate surface area is 88.2 Å². The zero-order valence-corrected chi connectivity index (χ0v) is 8.83. The summed E-state index contributed by atoms with van der Waals surface area (Å²) in [4.78, 5) is 21.4. The first kappa shape index (κ1) is 14.1. The molecule has 0 spiro atoms. The van der Waals surface area contributed by atoms with Gasteiger partial charge >= 0.3 is 11.5 Å². The van der Waals surface area contributed by atoms with Crippen LogP contribution < -0.4 is 5.32 Å². The van der Waals surface area contributed by atoms with Gasteiger partial charge in [0.05, 0.1) is 5.75 Å². The highest BCUT2D eigenvalue weighted by molar-refractivity contribution is 8.00. The van der Waals surface area contributed by atoms with Crippen LogP contribution in [0.3, 0.4) is 0 Å². The summed E-state index contributed by atoms with van der Waals surface area (Å²) in [5, 5.41) is 10.5. The minimum atomic E-state index is -4.50. The zero-order chi connectivity index (χ0) is 12.3. The summed E-state index contributed by atoms with van der Waals surface area (Å²) in [6.45, 7) is 2.37. The molecule has 0 rings (SSSR count). The smallest absolute Gasteiger partial charge is 0.442 e. The molecular formula is C7H10F3NO3S. The van der Waals surface area contributed by atoms with Crippen molar-refractivity contribution in [2.75, 3.05) is 5.75 Å². The molecule has 88 valence electrons. The second-order valence-electron chi connectivity index (χ2n) is 3.21. The third-order valence-corrected chi connectivity index (χ3v) is 2.09. The van der Waals surface area contributed by atoms with Crippen LogP contribution in [0.25, 0.3) is 0 Å². The molecule has 0 heterocycles. The Bertz CT molecular complexity index is 265. The van der Waals surface area contributed by atoms with Crippen molar-refractivity contribution in [1.29, 1.82) is 0 Å². The number of nitrogens with one attached hydrogen (secondary N) is 1. The number of aliphatic carboxylic acids is 1. The number of hydrogen-bond donors (Lipinski definition) is 2. The first-order chi connectivity index (χ1) is 6.54. The number of carboxylic acid groups (broad SMARTS) is 1. The maximum absolute atomic E-state index is 11.7. The van der Waals surface area contributed by atoms with Gasteiger partial charge in [-0.15, -0.1) is 0 Å². The highest BCUT2D eigenvalue weighted by Crippen LogP contribution is 2.29. The van der Waals surface area contributed by atoms with E-state index in [1.54, 1.807) is 0 Å². The third kappa shape index (κ3) is 6.21. The summed E-state index contributed by atoms with van der Waals surface area (Å²) >= 11 is -0.511. The topological polar surface area (TPSA) is 66.4 Å². The molecule has 0 aliphatic heterocycles. The van der Waals surface area contributed by atoms with Crippen molar-refractivity contribution in [2.45, 2.75) is 24.9 Å². The van der Waals surface area contributed by atoms with Crippen LogP contribution in [0.4, 0.5) is 13.2 Å². The predicted octanol–water partition coefficient (Wildman–Crippen LogP) is 1.22. The number of carbonyl (C=O) groups excluding carboxylic acids is 1. The van der Waals surface area contributed by atoms with Crippen LogP contribution in [0.2, 0.25) is 0 Å². The normalized spacial score (nSPS) is 12.3. The number of hydrogen-bond acceptors (Lipinski definition) is 3. The number of amides is 1. The summed E-state index contributed by atoms with van der Waals surface area (Å²) in [5.41, 5.74) is -6.06. The predicted molar refractivity (Wildman–Crippen MR) is 48.4 cm³/mol. The fourth-order valence-corrected chi connectivity index (χ4v) is 0.952. The molecule has 0 saturated carbocycles. The second-order valence-corrected chi connectivity index (χ2v) is 4.25. The molecule has 8 heteroatoms. The molecule has 1 amide bonds. The fraction of sp³-hybridized carbons (Fsp3) is 0.714. The van der Waals surface area contributed by atoms with Crippen LogP contribution in [0.5, 0.6) is 0 Å².